The molecule has 0 aromatic heterocycles. The lowest BCUT2D eigenvalue weighted by atomic mass is 10.0. The minimum Gasteiger partial charge on any atom is -0.430 e. The fourth-order valence-corrected chi connectivity index (χ4v) is 0.698. The van der Waals surface area contributed by atoms with E-state index in [0.29, 0.717) is 0 Å². The van der Waals surface area contributed by atoms with Crippen LogP contribution in [0.25, 0.3) is 0 Å². The van der Waals surface area contributed by atoms with Gasteiger partial charge in [-0.25, -0.2) is 4.79 Å². The van der Waals surface area contributed by atoms with E-state index in [1.807, 2.05) is 0 Å². The number of aliphatic hydroxyl groups is 1. The van der Waals surface area contributed by atoms with Crippen LogP contribution in [0.5, 0.6) is 0 Å². The first-order valence-electron chi connectivity index (χ1n) is 3.10. The van der Waals surface area contributed by atoms with Crippen LogP contribution in [-0.2, 0) is 9.47 Å². The highest BCUT2D eigenvalue weighted by Gasteiger charge is 2.39. The smallest absolute Gasteiger partial charge is 0.430 e. The van der Waals surface area contributed by atoms with Crippen molar-refractivity contribution >= 4 is 6.16 Å². The van der Waals surface area contributed by atoms with Gasteiger partial charge in [-0.05, 0) is 6.92 Å². The van der Waals surface area contributed by atoms with Gasteiger partial charge >= 0.3 is 6.16 Å². The van der Waals surface area contributed by atoms with Crippen molar-refractivity contribution in [1.82, 2.24) is 0 Å². The van der Waals surface area contributed by atoms with E-state index in [1.54, 1.807) is 0 Å². The number of ether oxygens (including phenoxy) is 2. The van der Waals surface area contributed by atoms with Crippen LogP contribution in [0.1, 0.15) is 6.92 Å². The van der Waals surface area contributed by atoms with Gasteiger partial charge in [0, 0.05) is 0 Å². The molecule has 1 heterocycles. The molecule has 1 fully saturated rings. The van der Waals surface area contributed by atoms with Crippen molar-refractivity contribution in [3.8, 4) is 12.3 Å². The van der Waals surface area contributed by atoms with Gasteiger partial charge in [0.2, 0.25) is 0 Å². The zero-order valence-electron chi connectivity index (χ0n) is 6.03. The maximum Gasteiger partial charge on any atom is 0.508 e. The van der Waals surface area contributed by atoms with Gasteiger partial charge in [0.15, 0.2) is 11.7 Å². The fraction of sp³-hybridized carbons (Fsp3) is 0.571. The molecule has 60 valence electrons. The topological polar surface area (TPSA) is 55.8 Å². The summed E-state index contributed by atoms with van der Waals surface area (Å²) in [7, 11) is 0. The van der Waals surface area contributed by atoms with Crippen molar-refractivity contribution in [2.45, 2.75) is 18.6 Å². The Hall–Kier alpha value is -1.21. The molecule has 0 bridgehead atoms. The van der Waals surface area contributed by atoms with Crippen LogP contribution < -0.4 is 0 Å². The molecular formula is C7H8O4. The second-order valence-electron chi connectivity index (χ2n) is 2.46. The Labute approximate surface area is 64.1 Å². The highest BCUT2D eigenvalue weighted by molar-refractivity contribution is 5.62. The molecule has 1 N–H and O–H groups in total. The van der Waals surface area contributed by atoms with Gasteiger partial charge < -0.3 is 14.6 Å². The predicted molar refractivity (Wildman–Crippen MR) is 35.7 cm³/mol. The summed E-state index contributed by atoms with van der Waals surface area (Å²) < 4.78 is 9.00. The standard InChI is InChI=1S/C7H8O4/c1-3-7(2,9)5-4-10-6(8)11-5/h1,5,9H,4H2,2H3. The van der Waals surface area contributed by atoms with Crippen molar-refractivity contribution in [2.24, 2.45) is 0 Å². The number of terminal acetylenes is 1. The number of carbonyl (C=O) groups excluding carboxylic acids is 1. The summed E-state index contributed by atoms with van der Waals surface area (Å²) in [5, 5.41) is 9.35. The highest BCUT2D eigenvalue weighted by Crippen LogP contribution is 2.18. The van der Waals surface area contributed by atoms with Crippen LogP contribution in [0.3, 0.4) is 0 Å². The number of cyclic esters (lactones) is 2. The third kappa shape index (κ3) is 1.44. The largest absolute Gasteiger partial charge is 0.508 e. The molecule has 2 atom stereocenters. The van der Waals surface area contributed by atoms with Crippen molar-refractivity contribution in [3.05, 3.63) is 0 Å². The molecule has 0 radical (unpaired) electrons. The summed E-state index contributed by atoms with van der Waals surface area (Å²) in [6, 6.07) is 0. The lowest BCUT2D eigenvalue weighted by Gasteiger charge is -2.19. The van der Waals surface area contributed by atoms with Crippen molar-refractivity contribution in [1.29, 1.82) is 0 Å². The third-order valence-corrected chi connectivity index (χ3v) is 1.51. The molecule has 1 rings (SSSR count). The molecule has 0 amide bonds. The van der Waals surface area contributed by atoms with E-state index in [2.05, 4.69) is 15.4 Å². The average Bonchev–Trinajstić information content (AvgIpc) is 2.36. The van der Waals surface area contributed by atoms with Crippen molar-refractivity contribution in [3.63, 3.8) is 0 Å². The van der Waals surface area contributed by atoms with Gasteiger partial charge in [-0.3, -0.25) is 0 Å². The first-order chi connectivity index (χ1) is 5.06. The minimum atomic E-state index is -1.44. The lowest BCUT2D eigenvalue weighted by Crippen LogP contribution is -2.39. The molecule has 0 aromatic carbocycles. The molecule has 4 nitrogen and oxygen atoms in total. The Kier molecular flexibility index (Phi) is 1.75. The Morgan fingerprint density at radius 3 is 2.91 bits per heavy atom. The van der Waals surface area contributed by atoms with E-state index >= 15 is 0 Å². The minimum absolute atomic E-state index is 0.00995. The molecule has 4 heteroatoms. The number of carbonyl (C=O) groups is 1. The van der Waals surface area contributed by atoms with E-state index in [1.165, 1.54) is 6.92 Å². The molecule has 1 saturated heterocycles. The number of hydrogen-bond donors (Lipinski definition) is 1. The highest BCUT2D eigenvalue weighted by atomic mass is 16.8. The Balaban J connectivity index is 2.64. The second-order valence-corrected chi connectivity index (χ2v) is 2.46. The zero-order chi connectivity index (χ0) is 8.48. The van der Waals surface area contributed by atoms with Gasteiger partial charge in [0.1, 0.15) is 6.61 Å². The third-order valence-electron chi connectivity index (χ3n) is 1.51. The van der Waals surface area contributed by atoms with Crippen LogP contribution in [-0.4, -0.2) is 29.6 Å². The SMILES string of the molecule is C#CC(C)(O)C1COC(=O)O1. The van der Waals surface area contributed by atoms with E-state index < -0.39 is 17.9 Å². The summed E-state index contributed by atoms with van der Waals surface area (Å²) >= 11 is 0. The summed E-state index contributed by atoms with van der Waals surface area (Å²) in [5.41, 5.74) is -1.44. The van der Waals surface area contributed by atoms with Gasteiger partial charge in [0.05, 0.1) is 0 Å². The molecule has 2 unspecified atom stereocenters. The van der Waals surface area contributed by atoms with Crippen LogP contribution in [0.15, 0.2) is 0 Å². The van der Waals surface area contributed by atoms with Gasteiger partial charge in [-0.15, -0.1) is 6.42 Å². The number of rotatable bonds is 1. The van der Waals surface area contributed by atoms with E-state index in [0.717, 1.165) is 0 Å². The monoisotopic (exact) mass is 156 g/mol. The maximum atomic E-state index is 10.4. The molecule has 0 spiro atoms. The van der Waals surface area contributed by atoms with Crippen LogP contribution in [0.2, 0.25) is 0 Å². The van der Waals surface area contributed by atoms with Crippen molar-refractivity contribution < 1.29 is 19.4 Å². The summed E-state index contributed by atoms with van der Waals surface area (Å²) in [4.78, 5) is 10.4. The Morgan fingerprint density at radius 2 is 2.55 bits per heavy atom. The van der Waals surface area contributed by atoms with Crippen LogP contribution in [0, 0.1) is 12.3 Å². The number of hydrogen-bond acceptors (Lipinski definition) is 4. The van der Waals surface area contributed by atoms with Gasteiger partial charge in [-0.2, -0.15) is 0 Å². The van der Waals surface area contributed by atoms with Gasteiger partial charge in [-0.1, -0.05) is 5.92 Å². The fourth-order valence-electron chi connectivity index (χ4n) is 0.698. The lowest BCUT2D eigenvalue weighted by molar-refractivity contribution is -0.00388. The van der Waals surface area contributed by atoms with E-state index in [-0.39, 0.29) is 6.61 Å². The van der Waals surface area contributed by atoms with Gasteiger partial charge in [0.25, 0.3) is 0 Å². The molecule has 11 heavy (non-hydrogen) atoms. The molecular weight excluding hydrogens is 148 g/mol. The molecule has 0 aliphatic carbocycles. The summed E-state index contributed by atoms with van der Waals surface area (Å²) in [6.45, 7) is 1.40. The maximum absolute atomic E-state index is 10.4. The van der Waals surface area contributed by atoms with E-state index in [4.69, 9.17) is 6.42 Å². The summed E-state index contributed by atoms with van der Waals surface area (Å²) in [6.07, 6.45) is 3.45. The first-order valence-corrected chi connectivity index (χ1v) is 3.10. The normalized spacial score (nSPS) is 28.1. The molecule has 0 aromatic rings. The first kappa shape index (κ1) is 7.89. The molecule has 0 saturated carbocycles. The molecule has 1 aliphatic heterocycles. The molecule has 1 aliphatic rings. The van der Waals surface area contributed by atoms with Crippen molar-refractivity contribution in [2.75, 3.05) is 6.61 Å². The Morgan fingerprint density at radius 1 is 1.91 bits per heavy atom. The second kappa shape index (κ2) is 2.44. The summed E-state index contributed by atoms with van der Waals surface area (Å²) in [5.74, 6) is 2.10. The Bertz CT molecular complexity index is 213. The van der Waals surface area contributed by atoms with Crippen LogP contribution in [0.4, 0.5) is 4.79 Å². The zero-order valence-corrected chi connectivity index (χ0v) is 6.03. The quantitative estimate of drug-likeness (QED) is 0.425. The average molecular weight is 156 g/mol. The van der Waals surface area contributed by atoms with Crippen LogP contribution >= 0.6 is 0 Å². The van der Waals surface area contributed by atoms with E-state index in [9.17, 15) is 9.90 Å². The predicted octanol–water partition coefficient (Wildman–Crippen LogP) is -0.0940.